The van der Waals surface area contributed by atoms with E-state index in [0.29, 0.717) is 35.4 Å². The predicted octanol–water partition coefficient (Wildman–Crippen LogP) is 5.68. The minimum absolute atomic E-state index is 0.00260. The topological polar surface area (TPSA) is 61.5 Å². The zero-order chi connectivity index (χ0) is 24.1. The van der Waals surface area contributed by atoms with Crippen molar-refractivity contribution in [2.75, 3.05) is 19.7 Å². The highest BCUT2D eigenvalue weighted by Gasteiger charge is 2.24. The number of benzene rings is 3. The second kappa shape index (κ2) is 11.2. The van der Waals surface area contributed by atoms with Gasteiger partial charge in [-0.05, 0) is 36.8 Å². The molecule has 0 radical (unpaired) electrons. The Morgan fingerprint density at radius 1 is 0.941 bits per heavy atom. The lowest BCUT2D eigenvalue weighted by Gasteiger charge is -2.24. The van der Waals surface area contributed by atoms with Crippen LogP contribution >= 0.6 is 23.2 Å². The van der Waals surface area contributed by atoms with Gasteiger partial charge in [0.05, 0.1) is 28.7 Å². The van der Waals surface area contributed by atoms with Crippen molar-refractivity contribution in [2.24, 2.45) is 0 Å². The highest BCUT2D eigenvalue weighted by Crippen LogP contribution is 2.34. The molecule has 4 aromatic rings. The van der Waals surface area contributed by atoms with Crippen molar-refractivity contribution < 1.29 is 10.2 Å². The van der Waals surface area contributed by atoms with Crippen LogP contribution in [0.5, 0.6) is 0 Å². The average Bonchev–Trinajstić information content (AvgIpc) is 3.17. The Labute approximate surface area is 209 Å². The van der Waals surface area contributed by atoms with Crippen LogP contribution in [0.1, 0.15) is 22.9 Å². The van der Waals surface area contributed by atoms with E-state index in [1.807, 2.05) is 90.7 Å². The average molecular weight is 496 g/mol. The van der Waals surface area contributed by atoms with E-state index in [9.17, 15) is 10.2 Å². The summed E-state index contributed by atoms with van der Waals surface area (Å²) < 4.78 is 1.78. The maximum atomic E-state index is 11.3. The number of hydrogen-bond acceptors (Lipinski definition) is 4. The quantitative estimate of drug-likeness (QED) is 0.313. The molecule has 0 bridgehead atoms. The molecular weight excluding hydrogens is 469 g/mol. The normalized spacial score (nSPS) is 12.3. The lowest BCUT2D eigenvalue weighted by Crippen LogP contribution is -2.31. The van der Waals surface area contributed by atoms with Gasteiger partial charge in [0.15, 0.2) is 0 Å². The fourth-order valence-electron chi connectivity index (χ4n) is 4.12. The molecule has 1 atom stereocenters. The third-order valence-corrected chi connectivity index (χ3v) is 6.34. The van der Waals surface area contributed by atoms with Crippen molar-refractivity contribution in [1.82, 2.24) is 14.7 Å². The Balaban J connectivity index is 1.71. The van der Waals surface area contributed by atoms with Crippen LogP contribution in [0.4, 0.5) is 0 Å². The van der Waals surface area contributed by atoms with Crippen LogP contribution in [-0.2, 0) is 6.54 Å². The maximum Gasteiger partial charge on any atom is 0.111 e. The molecular formula is C27H27Cl2N3O2. The smallest absolute Gasteiger partial charge is 0.111 e. The molecule has 0 spiro atoms. The monoisotopic (exact) mass is 495 g/mol. The van der Waals surface area contributed by atoms with Crippen molar-refractivity contribution in [1.29, 1.82) is 0 Å². The lowest BCUT2D eigenvalue weighted by atomic mass is 10.0. The third-order valence-electron chi connectivity index (χ3n) is 5.77. The molecule has 2 N–H and O–H groups in total. The molecule has 0 aliphatic rings. The van der Waals surface area contributed by atoms with Crippen LogP contribution in [0.3, 0.4) is 0 Å². The van der Waals surface area contributed by atoms with Gasteiger partial charge in [-0.15, -0.1) is 0 Å². The number of hydrogen-bond donors (Lipinski definition) is 2. The Morgan fingerprint density at radius 2 is 1.62 bits per heavy atom. The molecule has 1 aromatic heterocycles. The van der Waals surface area contributed by atoms with E-state index >= 15 is 0 Å². The van der Waals surface area contributed by atoms with Crippen molar-refractivity contribution >= 4 is 23.2 Å². The molecule has 0 aliphatic heterocycles. The van der Waals surface area contributed by atoms with E-state index in [0.717, 1.165) is 28.1 Å². The molecule has 0 fully saturated rings. The minimum Gasteiger partial charge on any atom is -0.395 e. The fourth-order valence-corrected chi connectivity index (χ4v) is 4.46. The molecule has 176 valence electrons. The first-order valence-electron chi connectivity index (χ1n) is 11.1. The maximum absolute atomic E-state index is 11.3. The van der Waals surface area contributed by atoms with E-state index in [4.69, 9.17) is 28.3 Å². The van der Waals surface area contributed by atoms with Crippen molar-refractivity contribution in [3.63, 3.8) is 0 Å². The zero-order valence-corrected chi connectivity index (χ0v) is 20.4. The number of para-hydroxylation sites is 1. The number of halogens is 2. The van der Waals surface area contributed by atoms with Crippen molar-refractivity contribution in [2.45, 2.75) is 19.6 Å². The molecule has 0 saturated heterocycles. The second-order valence-electron chi connectivity index (χ2n) is 8.19. The van der Waals surface area contributed by atoms with Gasteiger partial charge >= 0.3 is 0 Å². The molecule has 3 aromatic carbocycles. The summed E-state index contributed by atoms with van der Waals surface area (Å²) in [6.07, 6.45) is -0.856. The predicted molar refractivity (Wildman–Crippen MR) is 138 cm³/mol. The van der Waals surface area contributed by atoms with Crippen molar-refractivity contribution in [3.8, 4) is 16.9 Å². The van der Waals surface area contributed by atoms with Crippen LogP contribution in [0.2, 0.25) is 10.0 Å². The summed E-state index contributed by atoms with van der Waals surface area (Å²) >= 11 is 12.6. The van der Waals surface area contributed by atoms with E-state index in [1.165, 1.54) is 0 Å². The van der Waals surface area contributed by atoms with Gasteiger partial charge in [-0.2, -0.15) is 5.10 Å². The van der Waals surface area contributed by atoms with Gasteiger partial charge in [0.2, 0.25) is 0 Å². The van der Waals surface area contributed by atoms with E-state index < -0.39 is 6.10 Å². The molecule has 1 heterocycles. The molecule has 0 saturated carbocycles. The number of aliphatic hydroxyl groups is 2. The molecule has 0 aliphatic carbocycles. The first-order valence-corrected chi connectivity index (χ1v) is 11.9. The molecule has 34 heavy (non-hydrogen) atoms. The number of rotatable bonds is 9. The van der Waals surface area contributed by atoms with Gasteiger partial charge in [0.25, 0.3) is 0 Å². The van der Waals surface area contributed by atoms with Gasteiger partial charge in [-0.1, -0.05) is 77.8 Å². The van der Waals surface area contributed by atoms with Crippen LogP contribution in [0.15, 0.2) is 78.9 Å². The Bertz CT molecular complexity index is 1230. The Morgan fingerprint density at radius 3 is 2.29 bits per heavy atom. The van der Waals surface area contributed by atoms with Gasteiger partial charge in [0, 0.05) is 35.8 Å². The molecule has 5 nitrogen and oxygen atoms in total. The first kappa shape index (κ1) is 24.5. The fraction of sp³-hybridized carbons (Fsp3) is 0.222. The summed E-state index contributed by atoms with van der Waals surface area (Å²) in [4.78, 5) is 2.02. The largest absolute Gasteiger partial charge is 0.395 e. The first-order chi connectivity index (χ1) is 16.5. The molecule has 0 amide bonds. The van der Waals surface area contributed by atoms with Crippen LogP contribution < -0.4 is 0 Å². The lowest BCUT2D eigenvalue weighted by molar-refractivity contribution is 0.0923. The summed E-state index contributed by atoms with van der Waals surface area (Å²) in [7, 11) is 0. The minimum atomic E-state index is -0.856. The number of aromatic nitrogens is 2. The van der Waals surface area contributed by atoms with E-state index in [1.54, 1.807) is 4.68 Å². The highest BCUT2D eigenvalue weighted by atomic mass is 35.5. The number of nitrogens with zero attached hydrogens (tertiary/aromatic N) is 3. The van der Waals surface area contributed by atoms with Gasteiger partial charge in [0.1, 0.15) is 6.10 Å². The third kappa shape index (κ3) is 5.52. The number of aliphatic hydroxyl groups excluding tert-OH is 2. The van der Waals surface area contributed by atoms with Crippen LogP contribution in [0, 0.1) is 6.92 Å². The molecule has 1 unspecified atom stereocenters. The molecule has 7 heteroatoms. The van der Waals surface area contributed by atoms with Crippen molar-refractivity contribution in [3.05, 3.63) is 106 Å². The summed E-state index contributed by atoms with van der Waals surface area (Å²) in [5, 5.41) is 26.9. The Hall–Kier alpha value is -2.67. The van der Waals surface area contributed by atoms with Gasteiger partial charge in [-0.25, -0.2) is 4.68 Å². The second-order valence-corrected chi connectivity index (χ2v) is 9.03. The van der Waals surface area contributed by atoms with Crippen LogP contribution in [-0.4, -0.2) is 44.6 Å². The van der Waals surface area contributed by atoms with Gasteiger partial charge < -0.3 is 10.2 Å². The van der Waals surface area contributed by atoms with E-state index in [2.05, 4.69) is 0 Å². The van der Waals surface area contributed by atoms with E-state index in [-0.39, 0.29) is 6.61 Å². The SMILES string of the molecule is Cc1c(C(O)CN(CCO)Cc2ccccc2)nn(-c2ccccc2Cl)c1-c1ccc(Cl)cc1. The Kier molecular flexibility index (Phi) is 8.03. The van der Waals surface area contributed by atoms with Crippen LogP contribution in [0.25, 0.3) is 16.9 Å². The molecule has 4 rings (SSSR count). The summed E-state index contributed by atoms with van der Waals surface area (Å²) in [5.74, 6) is 0. The summed E-state index contributed by atoms with van der Waals surface area (Å²) in [6, 6.07) is 25.0. The summed E-state index contributed by atoms with van der Waals surface area (Å²) in [6.45, 7) is 3.35. The van der Waals surface area contributed by atoms with Gasteiger partial charge in [-0.3, -0.25) is 4.90 Å². The summed E-state index contributed by atoms with van der Waals surface area (Å²) in [5.41, 5.74) is 5.04. The standard InChI is InChI=1S/C27H27Cl2N3O2/c1-19-26(25(34)18-31(15-16-33)17-20-7-3-2-4-8-20)30-32(24-10-6-5-9-23(24)29)27(19)21-11-13-22(28)14-12-21/h2-14,25,33-34H,15-18H2,1H3. The zero-order valence-electron chi connectivity index (χ0n) is 18.9. The highest BCUT2D eigenvalue weighted by molar-refractivity contribution is 6.32.